The second-order valence-electron chi connectivity index (χ2n) is 4.12. The van der Waals surface area contributed by atoms with Crippen LogP contribution in [0.2, 0.25) is 0 Å². The molecule has 1 heterocycles. The topological polar surface area (TPSA) is 77.2 Å². The molecule has 0 bridgehead atoms. The zero-order valence-electron chi connectivity index (χ0n) is 9.86. The number of methoxy groups -OCH3 is 1. The number of amides is 1. The summed E-state index contributed by atoms with van der Waals surface area (Å²) < 4.78 is 4.89. The average molecular weight is 255 g/mol. The number of anilines is 1. The largest absolute Gasteiger partial charge is 0.385 e. The molecule has 1 atom stereocenters. The molecule has 0 spiro atoms. The Kier molecular flexibility index (Phi) is 4.09. The third-order valence-corrected chi connectivity index (χ3v) is 3.87. The van der Waals surface area contributed by atoms with Crippen molar-refractivity contribution in [3.05, 3.63) is 10.6 Å². The normalized spacial score (nSPS) is 15.6. The van der Waals surface area contributed by atoms with Crippen LogP contribution < -0.4 is 11.1 Å². The Balaban J connectivity index is 1.89. The lowest BCUT2D eigenvalue weighted by atomic mass is 10.2. The molecule has 5 nitrogen and oxygen atoms in total. The molecule has 0 radical (unpaired) electrons. The minimum Gasteiger partial charge on any atom is -0.385 e. The zero-order chi connectivity index (χ0) is 12.3. The molecule has 3 N–H and O–H groups in total. The van der Waals surface area contributed by atoms with Crippen LogP contribution in [0, 0.1) is 0 Å². The second kappa shape index (κ2) is 5.57. The first kappa shape index (κ1) is 12.5. The summed E-state index contributed by atoms with van der Waals surface area (Å²) in [4.78, 5) is 17.4. The summed E-state index contributed by atoms with van der Waals surface area (Å²) in [7, 11) is 1.59. The molecule has 94 valence electrons. The molecular formula is C11H17N3O2S. The van der Waals surface area contributed by atoms with E-state index in [1.807, 2.05) is 0 Å². The summed E-state index contributed by atoms with van der Waals surface area (Å²) in [5.74, 6) is -0.186. The fourth-order valence-corrected chi connectivity index (χ4v) is 2.87. The number of aryl methyl sites for hydroxylation is 2. The van der Waals surface area contributed by atoms with Crippen molar-refractivity contribution >= 4 is 22.4 Å². The first-order chi connectivity index (χ1) is 8.20. The molecule has 0 saturated carbocycles. The SMILES string of the molecule is COCCC(N)C(=O)Nc1nc2c(s1)CCC2. The molecule has 17 heavy (non-hydrogen) atoms. The predicted molar refractivity (Wildman–Crippen MR) is 67.2 cm³/mol. The quantitative estimate of drug-likeness (QED) is 0.820. The van der Waals surface area contributed by atoms with E-state index in [2.05, 4.69) is 10.3 Å². The Bertz CT molecular complexity index is 384. The van der Waals surface area contributed by atoms with Gasteiger partial charge in [0.25, 0.3) is 0 Å². The van der Waals surface area contributed by atoms with E-state index in [9.17, 15) is 4.79 Å². The maximum atomic E-state index is 11.7. The molecule has 2 rings (SSSR count). The van der Waals surface area contributed by atoms with E-state index < -0.39 is 6.04 Å². The van der Waals surface area contributed by atoms with Crippen molar-refractivity contribution < 1.29 is 9.53 Å². The maximum absolute atomic E-state index is 11.7. The van der Waals surface area contributed by atoms with Crippen molar-refractivity contribution in [3.63, 3.8) is 0 Å². The van der Waals surface area contributed by atoms with Crippen molar-refractivity contribution in [2.24, 2.45) is 5.73 Å². The number of rotatable bonds is 5. The van der Waals surface area contributed by atoms with E-state index in [1.165, 1.54) is 11.3 Å². The van der Waals surface area contributed by atoms with Gasteiger partial charge >= 0.3 is 0 Å². The van der Waals surface area contributed by atoms with E-state index in [0.717, 1.165) is 18.5 Å². The van der Waals surface area contributed by atoms with Gasteiger partial charge in [0.1, 0.15) is 0 Å². The first-order valence-electron chi connectivity index (χ1n) is 5.74. The van der Waals surface area contributed by atoms with Crippen LogP contribution in [-0.4, -0.2) is 30.6 Å². The number of carbonyl (C=O) groups is 1. The number of nitrogens with two attached hydrogens (primary N) is 1. The smallest absolute Gasteiger partial charge is 0.243 e. The summed E-state index contributed by atoms with van der Waals surface area (Å²) in [5, 5.41) is 3.44. The number of hydrogen-bond acceptors (Lipinski definition) is 5. The Labute approximate surface area is 104 Å². The van der Waals surface area contributed by atoms with Gasteiger partial charge in [-0.1, -0.05) is 0 Å². The van der Waals surface area contributed by atoms with Gasteiger partial charge in [-0.05, 0) is 25.7 Å². The lowest BCUT2D eigenvalue weighted by molar-refractivity contribution is -0.117. The van der Waals surface area contributed by atoms with Crippen LogP contribution in [0.4, 0.5) is 5.13 Å². The minimum atomic E-state index is -0.534. The van der Waals surface area contributed by atoms with Crippen molar-refractivity contribution in [2.75, 3.05) is 19.0 Å². The van der Waals surface area contributed by atoms with Gasteiger partial charge in [-0.15, -0.1) is 11.3 Å². The number of thiazole rings is 1. The summed E-state index contributed by atoms with van der Waals surface area (Å²) in [6.07, 6.45) is 3.80. The van der Waals surface area contributed by atoms with Crippen LogP contribution in [0.3, 0.4) is 0 Å². The average Bonchev–Trinajstić information content (AvgIpc) is 2.86. The lowest BCUT2D eigenvalue weighted by Gasteiger charge is -2.09. The molecule has 1 amide bonds. The Morgan fingerprint density at radius 1 is 1.65 bits per heavy atom. The molecule has 0 saturated heterocycles. The Hall–Kier alpha value is -0.980. The van der Waals surface area contributed by atoms with E-state index in [4.69, 9.17) is 10.5 Å². The van der Waals surface area contributed by atoms with Gasteiger partial charge in [0.15, 0.2) is 5.13 Å². The van der Waals surface area contributed by atoms with Crippen LogP contribution in [0.5, 0.6) is 0 Å². The third-order valence-electron chi connectivity index (χ3n) is 2.80. The molecule has 0 aliphatic heterocycles. The van der Waals surface area contributed by atoms with E-state index in [0.29, 0.717) is 18.2 Å². The predicted octanol–water partition coefficient (Wildman–Crippen LogP) is 0.934. The molecule has 1 aromatic heterocycles. The number of hydrogen-bond donors (Lipinski definition) is 2. The highest BCUT2D eigenvalue weighted by Crippen LogP contribution is 2.30. The highest BCUT2D eigenvalue weighted by atomic mass is 32.1. The van der Waals surface area contributed by atoms with Gasteiger partial charge in [0.2, 0.25) is 5.91 Å². The lowest BCUT2D eigenvalue weighted by Crippen LogP contribution is -2.36. The highest BCUT2D eigenvalue weighted by Gasteiger charge is 2.19. The van der Waals surface area contributed by atoms with E-state index in [1.54, 1.807) is 18.4 Å². The van der Waals surface area contributed by atoms with Crippen molar-refractivity contribution in [1.29, 1.82) is 0 Å². The fraction of sp³-hybridized carbons (Fsp3) is 0.636. The molecule has 0 aromatic carbocycles. The van der Waals surface area contributed by atoms with Crippen LogP contribution in [0.1, 0.15) is 23.4 Å². The molecular weight excluding hydrogens is 238 g/mol. The minimum absolute atomic E-state index is 0.186. The summed E-state index contributed by atoms with van der Waals surface area (Å²) in [6, 6.07) is -0.534. The van der Waals surface area contributed by atoms with Gasteiger partial charge < -0.3 is 15.8 Å². The van der Waals surface area contributed by atoms with Gasteiger partial charge in [-0.25, -0.2) is 4.98 Å². The van der Waals surface area contributed by atoms with Crippen LogP contribution in [0.15, 0.2) is 0 Å². The molecule has 1 unspecified atom stereocenters. The number of ether oxygens (including phenoxy) is 1. The number of carbonyl (C=O) groups excluding carboxylic acids is 1. The van der Waals surface area contributed by atoms with Crippen molar-refractivity contribution in [2.45, 2.75) is 31.7 Å². The van der Waals surface area contributed by atoms with Crippen molar-refractivity contribution in [3.8, 4) is 0 Å². The standard InChI is InChI=1S/C11H17N3O2S/c1-16-6-5-7(12)10(15)14-11-13-8-3-2-4-9(8)17-11/h7H,2-6,12H2,1H3,(H,13,14,15). The first-order valence-corrected chi connectivity index (χ1v) is 6.56. The summed E-state index contributed by atoms with van der Waals surface area (Å²) in [6.45, 7) is 0.489. The van der Waals surface area contributed by atoms with Crippen molar-refractivity contribution in [1.82, 2.24) is 4.98 Å². The van der Waals surface area contributed by atoms with Gasteiger partial charge in [-0.2, -0.15) is 0 Å². The zero-order valence-corrected chi connectivity index (χ0v) is 10.7. The molecule has 1 aliphatic rings. The number of nitrogens with one attached hydrogen (secondary N) is 1. The Morgan fingerprint density at radius 2 is 2.47 bits per heavy atom. The van der Waals surface area contributed by atoms with E-state index in [-0.39, 0.29) is 5.91 Å². The number of aromatic nitrogens is 1. The van der Waals surface area contributed by atoms with Gasteiger partial charge in [-0.3, -0.25) is 4.79 Å². The van der Waals surface area contributed by atoms with Gasteiger partial charge in [0.05, 0.1) is 11.7 Å². The molecule has 1 aromatic rings. The van der Waals surface area contributed by atoms with Crippen LogP contribution in [-0.2, 0) is 22.4 Å². The van der Waals surface area contributed by atoms with Crippen LogP contribution >= 0.6 is 11.3 Å². The summed E-state index contributed by atoms with van der Waals surface area (Å²) >= 11 is 1.56. The van der Waals surface area contributed by atoms with Gasteiger partial charge in [0, 0.05) is 18.6 Å². The monoisotopic (exact) mass is 255 g/mol. The second-order valence-corrected chi connectivity index (χ2v) is 5.20. The maximum Gasteiger partial charge on any atom is 0.243 e. The molecule has 1 aliphatic carbocycles. The van der Waals surface area contributed by atoms with E-state index >= 15 is 0 Å². The summed E-state index contributed by atoms with van der Waals surface area (Å²) in [5.41, 5.74) is 6.86. The number of fused-ring (bicyclic) bond motifs is 1. The highest BCUT2D eigenvalue weighted by molar-refractivity contribution is 7.15. The Morgan fingerprint density at radius 3 is 3.18 bits per heavy atom. The third kappa shape index (κ3) is 3.02. The van der Waals surface area contributed by atoms with Crippen LogP contribution in [0.25, 0.3) is 0 Å². The number of nitrogens with zero attached hydrogens (tertiary/aromatic N) is 1. The fourth-order valence-electron chi connectivity index (χ4n) is 1.82. The molecule has 0 fully saturated rings. The molecule has 6 heteroatoms.